The fourth-order valence-corrected chi connectivity index (χ4v) is 2.40. The van der Waals surface area contributed by atoms with E-state index in [1.165, 1.54) is 18.4 Å². The number of aryl methyl sites for hydroxylation is 1. The molecule has 1 aromatic heterocycles. The van der Waals surface area contributed by atoms with Crippen LogP contribution in [0.25, 0.3) is 0 Å². The molecule has 1 aromatic rings. The topological polar surface area (TPSA) is 80.3 Å². The lowest BCUT2D eigenvalue weighted by atomic mass is 10.2. The Morgan fingerprint density at radius 3 is 2.75 bits per heavy atom. The van der Waals surface area contributed by atoms with Crippen LogP contribution in [0.3, 0.4) is 0 Å². The van der Waals surface area contributed by atoms with Crippen LogP contribution in [0.15, 0.2) is 0 Å². The number of rotatable bonds is 7. The Bertz CT molecular complexity index is 473. The second-order valence-electron chi connectivity index (χ2n) is 4.48. The molecule has 0 saturated carbocycles. The lowest BCUT2D eigenvalue weighted by molar-refractivity contribution is -0.121. The van der Waals surface area contributed by atoms with Crippen LogP contribution >= 0.6 is 11.3 Å². The first-order valence-corrected chi connectivity index (χ1v) is 7.38. The van der Waals surface area contributed by atoms with Crippen LogP contribution in [0.5, 0.6) is 0 Å². The predicted molar refractivity (Wildman–Crippen MR) is 79.2 cm³/mol. The molecular formula is C13H21N3O3S. The monoisotopic (exact) mass is 299 g/mol. The lowest BCUT2D eigenvalue weighted by Crippen LogP contribution is -2.32. The van der Waals surface area contributed by atoms with E-state index in [1.807, 2.05) is 13.8 Å². The fraction of sp³-hybridized carbons (Fsp3) is 0.615. The third kappa shape index (κ3) is 4.80. The van der Waals surface area contributed by atoms with E-state index >= 15 is 0 Å². The van der Waals surface area contributed by atoms with Crippen molar-refractivity contribution >= 4 is 28.3 Å². The molecule has 0 fully saturated rings. The standard InChI is InChI=1S/C13H21N3O3S/c1-5-8(2)15-10(17)6-7-14-13-16-9(3)11(20-13)12(18)19-4/h8H,5-7H2,1-4H3,(H,14,16)(H,15,17). The number of carbonyl (C=O) groups excluding carboxylic acids is 2. The summed E-state index contributed by atoms with van der Waals surface area (Å²) in [5.41, 5.74) is 0.633. The van der Waals surface area contributed by atoms with Gasteiger partial charge in [0.15, 0.2) is 5.13 Å². The van der Waals surface area contributed by atoms with E-state index in [9.17, 15) is 9.59 Å². The number of carbonyl (C=O) groups is 2. The lowest BCUT2D eigenvalue weighted by Gasteiger charge is -2.11. The van der Waals surface area contributed by atoms with Gasteiger partial charge in [0.1, 0.15) is 4.88 Å². The highest BCUT2D eigenvalue weighted by molar-refractivity contribution is 7.17. The Labute approximate surface area is 122 Å². The number of aromatic nitrogens is 1. The number of hydrogen-bond acceptors (Lipinski definition) is 6. The van der Waals surface area contributed by atoms with Crippen molar-refractivity contribution in [3.63, 3.8) is 0 Å². The molecule has 2 N–H and O–H groups in total. The Hall–Kier alpha value is -1.63. The van der Waals surface area contributed by atoms with Crippen LogP contribution in [-0.2, 0) is 9.53 Å². The van der Waals surface area contributed by atoms with Crippen LogP contribution in [-0.4, -0.2) is 36.6 Å². The fourth-order valence-electron chi connectivity index (χ4n) is 1.49. The summed E-state index contributed by atoms with van der Waals surface area (Å²) in [7, 11) is 1.34. The highest BCUT2D eigenvalue weighted by Crippen LogP contribution is 2.22. The molecule has 1 amide bonds. The van der Waals surface area contributed by atoms with Crippen molar-refractivity contribution in [3.8, 4) is 0 Å². The maximum absolute atomic E-state index is 11.6. The molecule has 112 valence electrons. The van der Waals surface area contributed by atoms with Crippen molar-refractivity contribution in [2.75, 3.05) is 19.0 Å². The minimum atomic E-state index is -0.387. The molecule has 0 aliphatic carbocycles. The summed E-state index contributed by atoms with van der Waals surface area (Å²) < 4.78 is 4.67. The average molecular weight is 299 g/mol. The maximum atomic E-state index is 11.6. The number of amides is 1. The summed E-state index contributed by atoms with van der Waals surface area (Å²) in [6, 6.07) is 0.190. The average Bonchev–Trinajstić information content (AvgIpc) is 2.78. The maximum Gasteiger partial charge on any atom is 0.350 e. The van der Waals surface area contributed by atoms with Crippen molar-refractivity contribution in [1.29, 1.82) is 0 Å². The molecule has 1 atom stereocenters. The number of nitrogens with one attached hydrogen (secondary N) is 2. The van der Waals surface area contributed by atoms with E-state index in [1.54, 1.807) is 6.92 Å². The molecule has 0 saturated heterocycles. The molecule has 0 aromatic carbocycles. The molecule has 6 nitrogen and oxygen atoms in total. The molecule has 20 heavy (non-hydrogen) atoms. The zero-order chi connectivity index (χ0) is 15.1. The van der Waals surface area contributed by atoms with Crippen molar-refractivity contribution in [1.82, 2.24) is 10.3 Å². The second kappa shape index (κ2) is 7.84. The van der Waals surface area contributed by atoms with Crippen molar-refractivity contribution < 1.29 is 14.3 Å². The van der Waals surface area contributed by atoms with E-state index in [0.717, 1.165) is 6.42 Å². The second-order valence-corrected chi connectivity index (χ2v) is 5.48. The highest BCUT2D eigenvalue weighted by Gasteiger charge is 2.15. The van der Waals surface area contributed by atoms with Crippen LogP contribution in [0.2, 0.25) is 0 Å². The van der Waals surface area contributed by atoms with E-state index < -0.39 is 0 Å². The van der Waals surface area contributed by atoms with Gasteiger partial charge < -0.3 is 15.4 Å². The van der Waals surface area contributed by atoms with Crippen LogP contribution in [0, 0.1) is 6.92 Å². The van der Waals surface area contributed by atoms with Crippen LogP contribution < -0.4 is 10.6 Å². The molecule has 0 radical (unpaired) electrons. The minimum Gasteiger partial charge on any atom is -0.465 e. The Morgan fingerprint density at radius 1 is 1.45 bits per heavy atom. The summed E-state index contributed by atoms with van der Waals surface area (Å²) >= 11 is 1.23. The summed E-state index contributed by atoms with van der Waals surface area (Å²) in [6.45, 7) is 6.23. The number of esters is 1. The SMILES string of the molecule is CCC(C)NC(=O)CCNc1nc(C)c(C(=O)OC)s1. The molecule has 0 aliphatic rings. The van der Waals surface area contributed by atoms with Crippen LogP contribution in [0.4, 0.5) is 5.13 Å². The van der Waals surface area contributed by atoms with Gasteiger partial charge in [-0.15, -0.1) is 0 Å². The van der Waals surface area contributed by atoms with Gasteiger partial charge in [-0.1, -0.05) is 18.3 Å². The summed E-state index contributed by atoms with van der Waals surface area (Å²) in [6.07, 6.45) is 1.28. The van der Waals surface area contributed by atoms with Crippen molar-refractivity contribution in [2.45, 2.75) is 39.7 Å². The molecule has 1 unspecified atom stereocenters. The van der Waals surface area contributed by atoms with Gasteiger partial charge >= 0.3 is 5.97 Å². The van der Waals surface area contributed by atoms with Gasteiger partial charge in [-0.25, -0.2) is 9.78 Å². The summed E-state index contributed by atoms with van der Waals surface area (Å²) in [5, 5.41) is 6.56. The number of hydrogen-bond donors (Lipinski definition) is 2. The van der Waals surface area contributed by atoms with E-state index in [-0.39, 0.29) is 17.9 Å². The van der Waals surface area contributed by atoms with Gasteiger partial charge in [0, 0.05) is 19.0 Å². The van der Waals surface area contributed by atoms with Crippen LogP contribution in [0.1, 0.15) is 42.1 Å². The molecular weight excluding hydrogens is 278 g/mol. The number of anilines is 1. The van der Waals surface area contributed by atoms with Gasteiger partial charge in [-0.05, 0) is 20.3 Å². The highest BCUT2D eigenvalue weighted by atomic mass is 32.1. The first-order chi connectivity index (χ1) is 9.47. The third-order valence-corrected chi connectivity index (χ3v) is 3.91. The molecule has 7 heteroatoms. The number of ether oxygens (including phenoxy) is 1. The molecule has 0 bridgehead atoms. The van der Waals surface area contributed by atoms with E-state index in [4.69, 9.17) is 0 Å². The number of methoxy groups -OCH3 is 1. The quantitative estimate of drug-likeness (QED) is 0.752. The van der Waals surface area contributed by atoms with E-state index in [0.29, 0.717) is 28.7 Å². The summed E-state index contributed by atoms with van der Waals surface area (Å²) in [5.74, 6) is -0.379. The van der Waals surface area contributed by atoms with Gasteiger partial charge in [0.2, 0.25) is 5.91 Å². The first-order valence-electron chi connectivity index (χ1n) is 6.56. The zero-order valence-corrected chi connectivity index (χ0v) is 13.1. The van der Waals surface area contributed by atoms with Crippen molar-refractivity contribution in [3.05, 3.63) is 10.6 Å². The molecule has 0 aliphatic heterocycles. The first kappa shape index (κ1) is 16.4. The predicted octanol–water partition coefficient (Wildman–Crippen LogP) is 1.95. The van der Waals surface area contributed by atoms with Gasteiger partial charge in [-0.3, -0.25) is 4.79 Å². The summed E-state index contributed by atoms with van der Waals surface area (Å²) in [4.78, 5) is 27.7. The Morgan fingerprint density at radius 2 is 2.15 bits per heavy atom. The third-order valence-electron chi connectivity index (χ3n) is 2.82. The normalized spacial score (nSPS) is 11.8. The number of nitrogens with zero attached hydrogens (tertiary/aromatic N) is 1. The van der Waals surface area contributed by atoms with Gasteiger partial charge in [0.25, 0.3) is 0 Å². The zero-order valence-electron chi connectivity index (χ0n) is 12.3. The van der Waals surface area contributed by atoms with Gasteiger partial charge in [0.05, 0.1) is 12.8 Å². The minimum absolute atomic E-state index is 0.00770. The van der Waals surface area contributed by atoms with E-state index in [2.05, 4.69) is 20.4 Å². The number of thiazole rings is 1. The largest absolute Gasteiger partial charge is 0.465 e. The molecule has 0 spiro atoms. The smallest absolute Gasteiger partial charge is 0.350 e. The van der Waals surface area contributed by atoms with Crippen molar-refractivity contribution in [2.24, 2.45) is 0 Å². The Balaban J connectivity index is 2.43. The van der Waals surface area contributed by atoms with Gasteiger partial charge in [-0.2, -0.15) is 0 Å². The Kier molecular flexibility index (Phi) is 6.44. The molecule has 1 rings (SSSR count). The molecule has 1 heterocycles.